The van der Waals surface area contributed by atoms with Crippen molar-refractivity contribution in [3.8, 4) is 11.4 Å². The van der Waals surface area contributed by atoms with Gasteiger partial charge in [0.05, 0.1) is 12.1 Å². The van der Waals surface area contributed by atoms with E-state index in [0.717, 1.165) is 5.69 Å². The van der Waals surface area contributed by atoms with E-state index < -0.39 is 5.97 Å². The van der Waals surface area contributed by atoms with E-state index in [4.69, 9.17) is 16.7 Å². The molecule has 0 atom stereocenters. The summed E-state index contributed by atoms with van der Waals surface area (Å²) in [6, 6.07) is 3.69. The number of hydrogen-bond donors (Lipinski definition) is 3. The summed E-state index contributed by atoms with van der Waals surface area (Å²) in [5.41, 5.74) is 1.43. The highest BCUT2D eigenvalue weighted by atomic mass is 35.5. The Labute approximate surface area is 96.5 Å². The maximum atomic E-state index is 10.4. The van der Waals surface area contributed by atoms with Crippen molar-refractivity contribution >= 4 is 17.6 Å². The molecule has 0 spiro atoms. The molecule has 2 rings (SSSR count). The lowest BCUT2D eigenvalue weighted by molar-refractivity contribution is -0.137. The van der Waals surface area contributed by atoms with Crippen LogP contribution in [-0.2, 0) is 11.2 Å². The first-order valence-electron chi connectivity index (χ1n) is 4.77. The van der Waals surface area contributed by atoms with Crippen molar-refractivity contribution in [1.82, 2.24) is 15.0 Å². The molecule has 0 fully saturated rings. The Morgan fingerprint density at radius 1 is 1.56 bits per heavy atom. The Morgan fingerprint density at radius 2 is 2.38 bits per heavy atom. The summed E-state index contributed by atoms with van der Waals surface area (Å²) in [7, 11) is 0. The van der Waals surface area contributed by atoms with Gasteiger partial charge in [0.1, 0.15) is 16.7 Å². The molecule has 0 unspecified atom stereocenters. The zero-order chi connectivity index (χ0) is 11.5. The number of H-pyrrole nitrogens is 2. The number of rotatable bonds is 4. The number of aromatic amines is 2. The Balaban J connectivity index is 2.19. The van der Waals surface area contributed by atoms with E-state index in [1.54, 1.807) is 6.20 Å². The molecule has 0 aliphatic rings. The molecule has 2 aromatic heterocycles. The third-order valence-electron chi connectivity index (χ3n) is 2.14. The van der Waals surface area contributed by atoms with Gasteiger partial charge in [-0.2, -0.15) is 0 Å². The summed E-state index contributed by atoms with van der Waals surface area (Å²) < 4.78 is 0. The Morgan fingerprint density at radius 3 is 3.00 bits per heavy atom. The van der Waals surface area contributed by atoms with E-state index in [-0.39, 0.29) is 6.42 Å². The lowest BCUT2D eigenvalue weighted by Crippen LogP contribution is -1.98. The molecular formula is C10H10ClN3O2. The summed E-state index contributed by atoms with van der Waals surface area (Å²) in [6.45, 7) is 0. The highest BCUT2D eigenvalue weighted by Crippen LogP contribution is 2.24. The number of nitrogens with one attached hydrogen (secondary N) is 2. The average molecular weight is 240 g/mol. The summed E-state index contributed by atoms with van der Waals surface area (Å²) in [5, 5.41) is 8.97. The predicted molar refractivity (Wildman–Crippen MR) is 59.3 cm³/mol. The number of carbonyl (C=O) groups is 1. The topological polar surface area (TPSA) is 81.8 Å². The molecule has 5 nitrogen and oxygen atoms in total. The van der Waals surface area contributed by atoms with E-state index >= 15 is 0 Å². The predicted octanol–water partition coefficient (Wildman–Crippen LogP) is 2.08. The summed E-state index contributed by atoms with van der Waals surface area (Å²) in [4.78, 5) is 20.5. The number of hydrogen-bond acceptors (Lipinski definition) is 2. The van der Waals surface area contributed by atoms with Gasteiger partial charge in [0.2, 0.25) is 0 Å². The minimum absolute atomic E-state index is 0.0357. The molecule has 0 bridgehead atoms. The lowest BCUT2D eigenvalue weighted by atomic mass is 10.3. The number of halogens is 1. The van der Waals surface area contributed by atoms with Gasteiger partial charge in [-0.25, -0.2) is 4.98 Å². The van der Waals surface area contributed by atoms with Crippen LogP contribution in [0.2, 0.25) is 5.15 Å². The van der Waals surface area contributed by atoms with Crippen molar-refractivity contribution in [2.75, 3.05) is 0 Å². The van der Waals surface area contributed by atoms with Gasteiger partial charge in [-0.3, -0.25) is 4.79 Å². The molecule has 0 aliphatic carbocycles. The molecule has 0 saturated carbocycles. The van der Waals surface area contributed by atoms with Crippen molar-refractivity contribution in [2.24, 2.45) is 0 Å². The van der Waals surface area contributed by atoms with Gasteiger partial charge < -0.3 is 15.1 Å². The number of aryl methyl sites for hydroxylation is 1. The fourth-order valence-electron chi connectivity index (χ4n) is 1.40. The number of aliphatic carboxylic acids is 1. The number of carboxylic acids is 1. The third kappa shape index (κ3) is 2.25. The maximum Gasteiger partial charge on any atom is 0.303 e. The SMILES string of the molecule is O=C(O)CCc1nc(-c2ccc[nH]2)c(Cl)[nH]1. The maximum absolute atomic E-state index is 10.4. The van der Waals surface area contributed by atoms with Gasteiger partial charge >= 0.3 is 5.97 Å². The molecule has 0 amide bonds. The number of carboxylic acid groups (broad SMARTS) is 1. The summed E-state index contributed by atoms with van der Waals surface area (Å²) in [5.74, 6) is -0.272. The molecule has 0 radical (unpaired) electrons. The van der Waals surface area contributed by atoms with Crippen LogP contribution in [-0.4, -0.2) is 26.0 Å². The van der Waals surface area contributed by atoms with Crippen LogP contribution in [0.4, 0.5) is 0 Å². The molecule has 0 aliphatic heterocycles. The molecular weight excluding hydrogens is 230 g/mol. The van der Waals surface area contributed by atoms with Crippen molar-refractivity contribution in [1.29, 1.82) is 0 Å². The van der Waals surface area contributed by atoms with Crippen LogP contribution in [0, 0.1) is 0 Å². The van der Waals surface area contributed by atoms with Gasteiger partial charge in [0.25, 0.3) is 0 Å². The minimum Gasteiger partial charge on any atom is -0.481 e. The van der Waals surface area contributed by atoms with Crippen LogP contribution in [0.1, 0.15) is 12.2 Å². The molecule has 3 N–H and O–H groups in total. The number of nitrogens with zero attached hydrogens (tertiary/aromatic N) is 1. The number of imidazole rings is 1. The smallest absolute Gasteiger partial charge is 0.303 e. The molecule has 16 heavy (non-hydrogen) atoms. The molecule has 84 valence electrons. The molecule has 2 aromatic rings. The zero-order valence-corrected chi connectivity index (χ0v) is 9.08. The quantitative estimate of drug-likeness (QED) is 0.764. The molecule has 0 aromatic carbocycles. The van der Waals surface area contributed by atoms with Crippen LogP contribution < -0.4 is 0 Å². The monoisotopic (exact) mass is 239 g/mol. The van der Waals surface area contributed by atoms with Crippen LogP contribution in [0.25, 0.3) is 11.4 Å². The largest absolute Gasteiger partial charge is 0.481 e. The molecule has 0 saturated heterocycles. The third-order valence-corrected chi connectivity index (χ3v) is 2.41. The standard InChI is InChI=1S/C10H10ClN3O2/c11-10-9(6-2-1-5-12-6)13-7(14-10)3-4-8(15)16/h1-2,5,12H,3-4H2,(H,13,14)(H,15,16). The summed E-state index contributed by atoms with van der Waals surface area (Å²) >= 11 is 5.97. The van der Waals surface area contributed by atoms with E-state index in [2.05, 4.69) is 15.0 Å². The second-order valence-corrected chi connectivity index (χ2v) is 3.70. The first-order valence-corrected chi connectivity index (χ1v) is 5.14. The van der Waals surface area contributed by atoms with Gasteiger partial charge in [-0.1, -0.05) is 11.6 Å². The van der Waals surface area contributed by atoms with Crippen molar-refractivity contribution in [2.45, 2.75) is 12.8 Å². The first kappa shape index (κ1) is 10.8. The average Bonchev–Trinajstić information content (AvgIpc) is 2.83. The van der Waals surface area contributed by atoms with E-state index in [9.17, 15) is 4.79 Å². The Hall–Kier alpha value is -1.75. The van der Waals surface area contributed by atoms with Crippen molar-refractivity contribution in [3.63, 3.8) is 0 Å². The van der Waals surface area contributed by atoms with Crippen LogP contribution in [0.15, 0.2) is 18.3 Å². The van der Waals surface area contributed by atoms with Gasteiger partial charge in [-0.15, -0.1) is 0 Å². The summed E-state index contributed by atoms with van der Waals surface area (Å²) in [6.07, 6.45) is 2.15. The van der Waals surface area contributed by atoms with E-state index in [1.807, 2.05) is 12.1 Å². The molecule has 6 heteroatoms. The van der Waals surface area contributed by atoms with E-state index in [1.165, 1.54) is 0 Å². The van der Waals surface area contributed by atoms with Gasteiger partial charge in [-0.05, 0) is 12.1 Å². The van der Waals surface area contributed by atoms with E-state index in [0.29, 0.717) is 23.1 Å². The second-order valence-electron chi connectivity index (χ2n) is 3.32. The fraction of sp³-hybridized carbons (Fsp3) is 0.200. The highest BCUT2D eigenvalue weighted by Gasteiger charge is 2.11. The van der Waals surface area contributed by atoms with Crippen LogP contribution >= 0.6 is 11.6 Å². The first-order chi connectivity index (χ1) is 7.66. The Bertz CT molecular complexity index is 490. The highest BCUT2D eigenvalue weighted by molar-refractivity contribution is 6.31. The van der Waals surface area contributed by atoms with Crippen molar-refractivity contribution < 1.29 is 9.90 Å². The van der Waals surface area contributed by atoms with Crippen molar-refractivity contribution in [3.05, 3.63) is 29.3 Å². The van der Waals surface area contributed by atoms with Crippen LogP contribution in [0.3, 0.4) is 0 Å². The Kier molecular flexibility index (Phi) is 2.96. The normalized spacial score (nSPS) is 10.6. The fourth-order valence-corrected chi connectivity index (χ4v) is 1.65. The van der Waals surface area contributed by atoms with Crippen LogP contribution in [0.5, 0.6) is 0 Å². The van der Waals surface area contributed by atoms with Gasteiger partial charge in [0.15, 0.2) is 0 Å². The van der Waals surface area contributed by atoms with Gasteiger partial charge in [0, 0.05) is 12.6 Å². The molecule has 2 heterocycles. The second kappa shape index (κ2) is 4.40. The minimum atomic E-state index is -0.853. The number of aromatic nitrogens is 3. The zero-order valence-electron chi connectivity index (χ0n) is 8.33. The lowest BCUT2D eigenvalue weighted by Gasteiger charge is -1.91.